The Hall–Kier alpha value is -3.34. The number of dihydropyridines is 1. The zero-order chi connectivity index (χ0) is 17.9. The summed E-state index contributed by atoms with van der Waals surface area (Å²) in [6.45, 7) is 4.14. The van der Waals surface area contributed by atoms with Crippen LogP contribution in [0, 0.1) is 13.8 Å². The number of benzene rings is 1. The maximum Gasteiger partial charge on any atom is 0.182 e. The van der Waals surface area contributed by atoms with Crippen LogP contribution >= 0.6 is 0 Å². The van der Waals surface area contributed by atoms with Gasteiger partial charge in [-0.2, -0.15) is 0 Å². The molecule has 0 saturated carbocycles. The molecule has 0 spiro atoms. The highest BCUT2D eigenvalue weighted by atomic mass is 15.1. The second-order valence-corrected chi connectivity index (χ2v) is 6.26. The van der Waals surface area contributed by atoms with Gasteiger partial charge < -0.3 is 5.32 Å². The molecule has 1 atom stereocenters. The van der Waals surface area contributed by atoms with Gasteiger partial charge in [0.1, 0.15) is 11.7 Å². The fourth-order valence-electron chi connectivity index (χ4n) is 2.84. The van der Waals surface area contributed by atoms with Crippen LogP contribution in [0.4, 0.5) is 0 Å². The monoisotopic (exact) mass is 341 g/mol. The standard InChI is InChI=1S/C21H19N5/c1-14-9-10-15(2)16(13-14)19-24-20(17-7-3-5-11-22-17)26-21(25-19)18-8-4-6-12-23-18/h3-13,17,22H,1-2H3. The molecular formula is C21H19N5. The molecule has 0 amide bonds. The molecule has 2 aromatic heterocycles. The van der Waals surface area contributed by atoms with Crippen molar-refractivity contribution in [3.63, 3.8) is 0 Å². The van der Waals surface area contributed by atoms with Crippen molar-refractivity contribution >= 4 is 0 Å². The molecule has 5 heteroatoms. The van der Waals surface area contributed by atoms with Gasteiger partial charge in [-0.3, -0.25) is 4.98 Å². The van der Waals surface area contributed by atoms with Crippen LogP contribution in [-0.2, 0) is 0 Å². The second kappa shape index (κ2) is 6.88. The molecule has 4 rings (SSSR count). The summed E-state index contributed by atoms with van der Waals surface area (Å²) in [6.07, 6.45) is 9.61. The van der Waals surface area contributed by atoms with Gasteiger partial charge in [0.05, 0.1) is 0 Å². The van der Waals surface area contributed by atoms with E-state index in [1.807, 2.05) is 42.6 Å². The summed E-state index contributed by atoms with van der Waals surface area (Å²) in [5.74, 6) is 1.93. The summed E-state index contributed by atoms with van der Waals surface area (Å²) in [5, 5.41) is 3.28. The van der Waals surface area contributed by atoms with Crippen LogP contribution in [0.15, 0.2) is 67.0 Å². The number of nitrogens with one attached hydrogen (secondary N) is 1. The summed E-state index contributed by atoms with van der Waals surface area (Å²) in [6, 6.07) is 11.9. The molecule has 1 N–H and O–H groups in total. The molecular weight excluding hydrogens is 322 g/mol. The van der Waals surface area contributed by atoms with Crippen LogP contribution in [0.25, 0.3) is 22.9 Å². The van der Waals surface area contributed by atoms with E-state index in [4.69, 9.17) is 9.97 Å². The van der Waals surface area contributed by atoms with E-state index in [9.17, 15) is 0 Å². The number of allylic oxidation sites excluding steroid dienone is 2. The largest absolute Gasteiger partial charge is 0.378 e. The Morgan fingerprint density at radius 3 is 2.58 bits per heavy atom. The van der Waals surface area contributed by atoms with Gasteiger partial charge in [-0.15, -0.1) is 0 Å². The summed E-state index contributed by atoms with van der Waals surface area (Å²) >= 11 is 0. The highest BCUT2D eigenvalue weighted by Gasteiger charge is 2.18. The third-order valence-electron chi connectivity index (χ3n) is 4.25. The maximum atomic E-state index is 4.76. The first kappa shape index (κ1) is 16.1. The molecule has 26 heavy (non-hydrogen) atoms. The lowest BCUT2D eigenvalue weighted by Gasteiger charge is -2.16. The Bertz CT molecular complexity index is 993. The van der Waals surface area contributed by atoms with Crippen molar-refractivity contribution < 1.29 is 0 Å². The van der Waals surface area contributed by atoms with Crippen LogP contribution < -0.4 is 5.32 Å². The fraction of sp³-hybridized carbons (Fsp3) is 0.143. The first-order valence-electron chi connectivity index (χ1n) is 8.55. The van der Waals surface area contributed by atoms with Crippen molar-refractivity contribution in [1.82, 2.24) is 25.3 Å². The number of pyridine rings is 1. The number of hydrogen-bond acceptors (Lipinski definition) is 5. The Kier molecular flexibility index (Phi) is 4.27. The van der Waals surface area contributed by atoms with E-state index in [0.29, 0.717) is 17.5 Å². The van der Waals surface area contributed by atoms with Gasteiger partial charge >= 0.3 is 0 Å². The Morgan fingerprint density at radius 1 is 0.923 bits per heavy atom. The minimum atomic E-state index is -0.0886. The molecule has 3 heterocycles. The molecule has 5 nitrogen and oxygen atoms in total. The zero-order valence-corrected chi connectivity index (χ0v) is 14.7. The molecule has 0 bridgehead atoms. The van der Waals surface area contributed by atoms with Crippen molar-refractivity contribution in [2.75, 3.05) is 0 Å². The van der Waals surface area contributed by atoms with E-state index < -0.39 is 0 Å². The third-order valence-corrected chi connectivity index (χ3v) is 4.25. The molecule has 1 unspecified atom stereocenters. The molecule has 1 aliphatic heterocycles. The topological polar surface area (TPSA) is 63.6 Å². The number of aryl methyl sites for hydroxylation is 2. The second-order valence-electron chi connectivity index (χ2n) is 6.26. The summed E-state index contributed by atoms with van der Waals surface area (Å²) in [4.78, 5) is 18.6. The Morgan fingerprint density at radius 2 is 1.81 bits per heavy atom. The molecule has 128 valence electrons. The molecule has 0 fully saturated rings. The van der Waals surface area contributed by atoms with Gasteiger partial charge in [-0.1, -0.05) is 35.9 Å². The highest BCUT2D eigenvalue weighted by molar-refractivity contribution is 5.63. The predicted octanol–water partition coefficient (Wildman–Crippen LogP) is 3.93. The van der Waals surface area contributed by atoms with Gasteiger partial charge in [0.15, 0.2) is 17.5 Å². The van der Waals surface area contributed by atoms with Crippen molar-refractivity contribution in [2.45, 2.75) is 19.9 Å². The predicted molar refractivity (Wildman–Crippen MR) is 102 cm³/mol. The molecule has 1 aliphatic rings. The number of hydrogen-bond donors (Lipinski definition) is 1. The van der Waals surface area contributed by atoms with Crippen LogP contribution in [-0.4, -0.2) is 19.9 Å². The smallest absolute Gasteiger partial charge is 0.182 e. The van der Waals surface area contributed by atoms with Gasteiger partial charge in [-0.05, 0) is 49.9 Å². The van der Waals surface area contributed by atoms with Crippen molar-refractivity contribution in [3.8, 4) is 22.9 Å². The van der Waals surface area contributed by atoms with Gasteiger partial charge in [-0.25, -0.2) is 15.0 Å². The molecule has 1 aromatic carbocycles. The third kappa shape index (κ3) is 3.24. The lowest BCUT2D eigenvalue weighted by Crippen LogP contribution is -2.19. The van der Waals surface area contributed by atoms with Crippen molar-refractivity contribution in [1.29, 1.82) is 0 Å². The van der Waals surface area contributed by atoms with Gasteiger partial charge in [0.25, 0.3) is 0 Å². The number of rotatable bonds is 3. The number of aromatic nitrogens is 4. The van der Waals surface area contributed by atoms with E-state index in [0.717, 1.165) is 16.8 Å². The minimum absolute atomic E-state index is 0.0886. The average Bonchev–Trinajstić information content (AvgIpc) is 2.71. The van der Waals surface area contributed by atoms with Crippen molar-refractivity contribution in [3.05, 3.63) is 84.0 Å². The highest BCUT2D eigenvalue weighted by Crippen LogP contribution is 2.25. The first-order chi connectivity index (χ1) is 12.7. The summed E-state index contributed by atoms with van der Waals surface area (Å²) < 4.78 is 0. The Labute approximate surface area is 152 Å². The molecule has 0 saturated heterocycles. The normalized spacial score (nSPS) is 15.7. The number of nitrogens with zero attached hydrogens (tertiary/aromatic N) is 4. The van der Waals surface area contributed by atoms with Gasteiger partial charge in [0, 0.05) is 11.8 Å². The quantitative estimate of drug-likeness (QED) is 0.782. The van der Waals surface area contributed by atoms with Crippen LogP contribution in [0.1, 0.15) is 23.0 Å². The maximum absolute atomic E-state index is 4.76. The zero-order valence-electron chi connectivity index (χ0n) is 14.7. The van der Waals surface area contributed by atoms with E-state index in [2.05, 4.69) is 47.3 Å². The van der Waals surface area contributed by atoms with Crippen LogP contribution in [0.5, 0.6) is 0 Å². The van der Waals surface area contributed by atoms with E-state index in [1.54, 1.807) is 6.20 Å². The summed E-state index contributed by atoms with van der Waals surface area (Å²) in [5.41, 5.74) is 4.05. The van der Waals surface area contributed by atoms with E-state index in [-0.39, 0.29) is 6.04 Å². The van der Waals surface area contributed by atoms with Gasteiger partial charge in [0.2, 0.25) is 0 Å². The lowest BCUT2D eigenvalue weighted by molar-refractivity contribution is 0.686. The van der Waals surface area contributed by atoms with E-state index >= 15 is 0 Å². The van der Waals surface area contributed by atoms with Crippen LogP contribution in [0.2, 0.25) is 0 Å². The lowest BCUT2D eigenvalue weighted by atomic mass is 10.0. The SMILES string of the molecule is Cc1ccc(C)c(-c2nc(-c3ccccn3)nc(C3C=CC=CN3)n2)c1. The molecule has 0 radical (unpaired) electrons. The Balaban J connectivity index is 1.89. The van der Waals surface area contributed by atoms with E-state index in [1.165, 1.54) is 5.56 Å². The molecule has 3 aromatic rings. The summed E-state index contributed by atoms with van der Waals surface area (Å²) in [7, 11) is 0. The first-order valence-corrected chi connectivity index (χ1v) is 8.55. The van der Waals surface area contributed by atoms with Crippen LogP contribution in [0.3, 0.4) is 0 Å². The average molecular weight is 341 g/mol. The molecule has 0 aliphatic carbocycles. The minimum Gasteiger partial charge on any atom is -0.378 e. The van der Waals surface area contributed by atoms with Crippen molar-refractivity contribution in [2.24, 2.45) is 0 Å². The fourth-order valence-corrected chi connectivity index (χ4v) is 2.84.